The molecule has 8 heteroatoms. The van der Waals surface area contributed by atoms with E-state index in [2.05, 4.69) is 10.3 Å². The molecule has 1 aliphatic carbocycles. The van der Waals surface area contributed by atoms with Crippen LogP contribution in [0.2, 0.25) is 0 Å². The van der Waals surface area contributed by atoms with Crippen LogP contribution in [0.4, 0.5) is 23.2 Å². The molecule has 1 aromatic carbocycles. The molecular formula is C24H26F4N2O2. The van der Waals surface area contributed by atoms with Crippen LogP contribution in [0, 0.1) is 17.6 Å². The number of pyridine rings is 1. The summed E-state index contributed by atoms with van der Waals surface area (Å²) in [6.07, 6.45) is 1.78. The molecule has 2 aliphatic rings. The molecule has 2 fully saturated rings. The highest BCUT2D eigenvalue weighted by Gasteiger charge is 2.42. The fraction of sp³-hybridized carbons (Fsp3) is 0.500. The van der Waals surface area contributed by atoms with E-state index in [-0.39, 0.29) is 54.3 Å². The number of hydrogen-bond acceptors (Lipinski definition) is 3. The highest BCUT2D eigenvalue weighted by Crippen LogP contribution is 2.45. The molecule has 172 valence electrons. The van der Waals surface area contributed by atoms with Crippen molar-refractivity contribution in [3.63, 3.8) is 0 Å². The third kappa shape index (κ3) is 4.51. The summed E-state index contributed by atoms with van der Waals surface area (Å²) in [5.74, 6) is -5.10. The van der Waals surface area contributed by atoms with Crippen LogP contribution < -0.4 is 5.32 Å². The van der Waals surface area contributed by atoms with Gasteiger partial charge in [0, 0.05) is 42.7 Å². The topological polar surface area (TPSA) is 51.2 Å². The molecule has 1 N–H and O–H groups in total. The van der Waals surface area contributed by atoms with E-state index in [1.54, 1.807) is 0 Å². The molecule has 2 heterocycles. The predicted molar refractivity (Wildman–Crippen MR) is 113 cm³/mol. The Labute approximate surface area is 184 Å². The van der Waals surface area contributed by atoms with Crippen LogP contribution in [0.25, 0.3) is 11.1 Å². The number of carbonyl (C=O) groups is 1. The number of hydrogen-bond donors (Lipinski definition) is 1. The SMILES string of the molecule is CC1(C)OCCC1C(=O)Nc1c(-c2cc(F)ccc2F)ccnc1C1CCC(F)(F)CC1. The van der Waals surface area contributed by atoms with E-state index < -0.39 is 29.1 Å². The van der Waals surface area contributed by atoms with Gasteiger partial charge in [0.05, 0.1) is 22.9 Å². The minimum Gasteiger partial charge on any atom is -0.375 e. The van der Waals surface area contributed by atoms with Crippen LogP contribution in [0.3, 0.4) is 0 Å². The van der Waals surface area contributed by atoms with E-state index in [1.807, 2.05) is 13.8 Å². The van der Waals surface area contributed by atoms with Gasteiger partial charge in [0.15, 0.2) is 0 Å². The summed E-state index contributed by atoms with van der Waals surface area (Å²) >= 11 is 0. The molecule has 32 heavy (non-hydrogen) atoms. The van der Waals surface area contributed by atoms with Crippen molar-refractivity contribution in [1.82, 2.24) is 4.98 Å². The Bertz CT molecular complexity index is 1020. The first-order valence-corrected chi connectivity index (χ1v) is 10.8. The van der Waals surface area contributed by atoms with Gasteiger partial charge in [-0.15, -0.1) is 0 Å². The van der Waals surface area contributed by atoms with E-state index in [4.69, 9.17) is 4.74 Å². The molecule has 4 rings (SSSR count). The fourth-order valence-corrected chi connectivity index (χ4v) is 4.71. The van der Waals surface area contributed by atoms with Crippen LogP contribution in [0.5, 0.6) is 0 Å². The minimum absolute atomic E-state index is 0.0213. The van der Waals surface area contributed by atoms with E-state index in [9.17, 15) is 22.4 Å². The van der Waals surface area contributed by atoms with Crippen molar-refractivity contribution in [3.8, 4) is 11.1 Å². The lowest BCUT2D eigenvalue weighted by atomic mass is 9.82. The van der Waals surface area contributed by atoms with Gasteiger partial charge >= 0.3 is 0 Å². The molecule has 1 saturated carbocycles. The second kappa shape index (κ2) is 8.46. The summed E-state index contributed by atoms with van der Waals surface area (Å²) in [6.45, 7) is 4.09. The van der Waals surface area contributed by atoms with Gasteiger partial charge in [0.2, 0.25) is 11.8 Å². The number of benzene rings is 1. The van der Waals surface area contributed by atoms with Crippen LogP contribution in [-0.4, -0.2) is 29.0 Å². The van der Waals surface area contributed by atoms with Crippen molar-refractivity contribution >= 4 is 11.6 Å². The first-order chi connectivity index (χ1) is 15.1. The van der Waals surface area contributed by atoms with Crippen LogP contribution in [0.15, 0.2) is 30.5 Å². The molecule has 0 bridgehead atoms. The molecule has 4 nitrogen and oxygen atoms in total. The number of carbonyl (C=O) groups excluding carboxylic acids is 1. The van der Waals surface area contributed by atoms with E-state index >= 15 is 0 Å². The number of amides is 1. The quantitative estimate of drug-likeness (QED) is 0.575. The van der Waals surface area contributed by atoms with Crippen LogP contribution in [0.1, 0.15) is 57.6 Å². The minimum atomic E-state index is -2.72. The predicted octanol–water partition coefficient (Wildman–Crippen LogP) is 6.07. The number of anilines is 1. The summed E-state index contributed by atoms with van der Waals surface area (Å²) in [5, 5.41) is 2.88. The normalized spacial score (nSPS) is 22.6. The van der Waals surface area contributed by atoms with Gasteiger partial charge in [0.25, 0.3) is 0 Å². The fourth-order valence-electron chi connectivity index (χ4n) is 4.71. The molecule has 0 spiro atoms. The summed E-state index contributed by atoms with van der Waals surface area (Å²) < 4.78 is 61.7. The third-order valence-corrected chi connectivity index (χ3v) is 6.59. The number of halogens is 4. The smallest absolute Gasteiger partial charge is 0.248 e. The number of nitrogens with one attached hydrogen (secondary N) is 1. The van der Waals surface area contributed by atoms with Crippen molar-refractivity contribution in [2.75, 3.05) is 11.9 Å². The van der Waals surface area contributed by atoms with Gasteiger partial charge in [-0.05, 0) is 57.4 Å². The monoisotopic (exact) mass is 450 g/mol. The third-order valence-electron chi connectivity index (χ3n) is 6.59. The van der Waals surface area contributed by atoms with Gasteiger partial charge in [-0.1, -0.05) is 0 Å². The lowest BCUT2D eigenvalue weighted by Gasteiger charge is -2.30. The Morgan fingerprint density at radius 3 is 2.47 bits per heavy atom. The van der Waals surface area contributed by atoms with E-state index in [0.29, 0.717) is 18.7 Å². The maximum atomic E-state index is 14.7. The first-order valence-electron chi connectivity index (χ1n) is 10.8. The highest BCUT2D eigenvalue weighted by atomic mass is 19.3. The molecule has 0 radical (unpaired) electrons. The standard InChI is InChI=1S/C24H26F4N2O2/c1-23(2)18(8-12-32-23)22(31)30-21-16(17-13-15(25)3-4-19(17)26)7-11-29-20(21)14-5-9-24(27,28)10-6-14/h3-4,7,11,13-14,18H,5-6,8-10,12H2,1-2H3,(H,30,31). The number of aromatic nitrogens is 1. The maximum Gasteiger partial charge on any atom is 0.248 e. The van der Waals surface area contributed by atoms with Crippen LogP contribution in [-0.2, 0) is 9.53 Å². The maximum absolute atomic E-state index is 14.7. The Morgan fingerprint density at radius 2 is 1.81 bits per heavy atom. The summed E-state index contributed by atoms with van der Waals surface area (Å²) in [7, 11) is 0. The van der Waals surface area contributed by atoms with Crippen LogP contribution >= 0.6 is 0 Å². The number of ether oxygens (including phenoxy) is 1. The molecule has 1 aliphatic heterocycles. The van der Waals surface area contributed by atoms with Gasteiger partial charge in [-0.2, -0.15) is 0 Å². The number of rotatable bonds is 4. The molecule has 1 atom stereocenters. The first kappa shape index (κ1) is 22.7. The molecule has 1 unspecified atom stereocenters. The summed E-state index contributed by atoms with van der Waals surface area (Å²) in [5.41, 5.74) is 0.247. The Balaban J connectivity index is 1.77. The zero-order valence-electron chi connectivity index (χ0n) is 18.1. The van der Waals surface area contributed by atoms with Crippen molar-refractivity contribution in [1.29, 1.82) is 0 Å². The second-order valence-corrected chi connectivity index (χ2v) is 9.16. The average molecular weight is 450 g/mol. The van der Waals surface area contributed by atoms with Gasteiger partial charge in [-0.3, -0.25) is 9.78 Å². The van der Waals surface area contributed by atoms with Crippen molar-refractivity contribution in [2.45, 2.75) is 63.4 Å². The van der Waals surface area contributed by atoms with Gasteiger partial charge < -0.3 is 10.1 Å². The Hall–Kier alpha value is -2.48. The zero-order valence-corrected chi connectivity index (χ0v) is 18.1. The molecule has 2 aromatic rings. The van der Waals surface area contributed by atoms with E-state index in [1.165, 1.54) is 12.3 Å². The zero-order chi connectivity index (χ0) is 23.1. The van der Waals surface area contributed by atoms with Gasteiger partial charge in [0.1, 0.15) is 11.6 Å². The molecule has 1 saturated heterocycles. The number of alkyl halides is 2. The van der Waals surface area contributed by atoms with E-state index in [0.717, 1.165) is 18.2 Å². The number of nitrogens with zero attached hydrogens (tertiary/aromatic N) is 1. The lowest BCUT2D eigenvalue weighted by Crippen LogP contribution is -2.37. The van der Waals surface area contributed by atoms with Crippen molar-refractivity contribution in [3.05, 3.63) is 47.8 Å². The largest absolute Gasteiger partial charge is 0.375 e. The Kier molecular flexibility index (Phi) is 6.00. The lowest BCUT2D eigenvalue weighted by molar-refractivity contribution is -0.124. The van der Waals surface area contributed by atoms with Crippen molar-refractivity contribution < 1.29 is 27.1 Å². The van der Waals surface area contributed by atoms with Gasteiger partial charge in [-0.25, -0.2) is 17.6 Å². The Morgan fingerprint density at radius 1 is 1.09 bits per heavy atom. The molecule has 1 amide bonds. The summed E-state index contributed by atoms with van der Waals surface area (Å²) in [4.78, 5) is 17.6. The molecular weight excluding hydrogens is 424 g/mol. The highest BCUT2D eigenvalue weighted by molar-refractivity contribution is 5.98. The molecule has 1 aromatic heterocycles. The summed E-state index contributed by atoms with van der Waals surface area (Å²) in [6, 6.07) is 4.60. The van der Waals surface area contributed by atoms with Crippen molar-refractivity contribution in [2.24, 2.45) is 5.92 Å². The average Bonchev–Trinajstić information content (AvgIpc) is 3.09. The second-order valence-electron chi connectivity index (χ2n) is 9.16.